The van der Waals surface area contributed by atoms with Crippen LogP contribution in [0.3, 0.4) is 0 Å². The van der Waals surface area contributed by atoms with E-state index >= 15 is 0 Å². The summed E-state index contributed by atoms with van der Waals surface area (Å²) in [7, 11) is 0. The van der Waals surface area contributed by atoms with Crippen LogP contribution in [0.25, 0.3) is 0 Å². The van der Waals surface area contributed by atoms with E-state index in [1.165, 1.54) is 6.42 Å². The number of halogens is 1. The van der Waals surface area contributed by atoms with Gasteiger partial charge in [-0.2, -0.15) is 4.98 Å². The van der Waals surface area contributed by atoms with Crippen LogP contribution < -0.4 is 9.64 Å². The first-order valence-electron chi connectivity index (χ1n) is 6.48. The SMILES string of the molecule is CC(C)Oc1cncc(N2CCCC(CCl)C2)n1. The van der Waals surface area contributed by atoms with Crippen LogP contribution in [-0.4, -0.2) is 35.0 Å². The Hall–Kier alpha value is -1.03. The van der Waals surface area contributed by atoms with Crippen molar-refractivity contribution in [3.05, 3.63) is 12.4 Å². The van der Waals surface area contributed by atoms with Crippen molar-refractivity contribution in [1.29, 1.82) is 0 Å². The summed E-state index contributed by atoms with van der Waals surface area (Å²) in [6, 6.07) is 0. The van der Waals surface area contributed by atoms with Crippen LogP contribution in [0.5, 0.6) is 5.88 Å². The van der Waals surface area contributed by atoms with Gasteiger partial charge in [0.25, 0.3) is 0 Å². The molecule has 0 radical (unpaired) electrons. The Morgan fingerprint density at radius 1 is 1.50 bits per heavy atom. The highest BCUT2D eigenvalue weighted by Crippen LogP contribution is 2.23. The van der Waals surface area contributed by atoms with Crippen LogP contribution in [0.15, 0.2) is 12.4 Å². The maximum Gasteiger partial charge on any atom is 0.234 e. The molecule has 1 aromatic heterocycles. The summed E-state index contributed by atoms with van der Waals surface area (Å²) in [5.41, 5.74) is 0. The first kappa shape index (κ1) is 13.4. The van der Waals surface area contributed by atoms with Crippen molar-refractivity contribution < 1.29 is 4.74 Å². The molecular formula is C13H20ClN3O. The second-order valence-electron chi connectivity index (χ2n) is 4.99. The van der Waals surface area contributed by atoms with Crippen LogP contribution in [0.1, 0.15) is 26.7 Å². The van der Waals surface area contributed by atoms with Gasteiger partial charge in [0.2, 0.25) is 5.88 Å². The molecule has 1 aliphatic rings. The van der Waals surface area contributed by atoms with E-state index in [9.17, 15) is 0 Å². The highest BCUT2D eigenvalue weighted by Gasteiger charge is 2.20. The molecule has 1 unspecified atom stereocenters. The number of anilines is 1. The maximum atomic E-state index is 5.95. The third-order valence-electron chi connectivity index (χ3n) is 3.02. The summed E-state index contributed by atoms with van der Waals surface area (Å²) in [5.74, 6) is 2.75. The van der Waals surface area contributed by atoms with Crippen molar-refractivity contribution >= 4 is 17.4 Å². The Kier molecular flexibility index (Phi) is 4.64. The van der Waals surface area contributed by atoms with E-state index in [2.05, 4.69) is 14.9 Å². The minimum Gasteiger partial charge on any atom is -0.474 e. The van der Waals surface area contributed by atoms with Crippen LogP contribution >= 0.6 is 11.6 Å². The van der Waals surface area contributed by atoms with Crippen molar-refractivity contribution in [1.82, 2.24) is 9.97 Å². The smallest absolute Gasteiger partial charge is 0.234 e. The maximum absolute atomic E-state index is 5.95. The lowest BCUT2D eigenvalue weighted by Crippen LogP contribution is -2.36. The predicted octanol–water partition coefficient (Wildman–Crippen LogP) is 2.72. The molecule has 0 bridgehead atoms. The topological polar surface area (TPSA) is 38.2 Å². The van der Waals surface area contributed by atoms with Crippen molar-refractivity contribution in [3.8, 4) is 5.88 Å². The summed E-state index contributed by atoms with van der Waals surface area (Å²) in [6.45, 7) is 5.95. The number of piperidine rings is 1. The zero-order valence-corrected chi connectivity index (χ0v) is 11.7. The minimum atomic E-state index is 0.117. The van der Waals surface area contributed by atoms with Crippen molar-refractivity contribution in [3.63, 3.8) is 0 Å². The standard InChI is InChI=1S/C13H20ClN3O/c1-10(2)18-13-8-15-7-12(16-13)17-5-3-4-11(6-14)9-17/h7-8,10-11H,3-6,9H2,1-2H3. The van der Waals surface area contributed by atoms with E-state index in [1.54, 1.807) is 12.4 Å². The number of nitrogens with zero attached hydrogens (tertiary/aromatic N) is 3. The molecule has 1 aliphatic heterocycles. The summed E-state index contributed by atoms with van der Waals surface area (Å²) in [6.07, 6.45) is 5.94. The second kappa shape index (κ2) is 6.23. The van der Waals surface area contributed by atoms with Gasteiger partial charge in [-0.05, 0) is 32.6 Å². The first-order chi connectivity index (χ1) is 8.69. The van der Waals surface area contributed by atoms with Crippen molar-refractivity contribution in [2.45, 2.75) is 32.8 Å². The van der Waals surface area contributed by atoms with Gasteiger partial charge in [0.05, 0.1) is 18.5 Å². The Morgan fingerprint density at radius 3 is 3.06 bits per heavy atom. The first-order valence-corrected chi connectivity index (χ1v) is 7.02. The van der Waals surface area contributed by atoms with Gasteiger partial charge in [0.1, 0.15) is 0 Å². The number of ether oxygens (including phenoxy) is 1. The monoisotopic (exact) mass is 269 g/mol. The fourth-order valence-corrected chi connectivity index (χ4v) is 2.44. The van der Waals surface area contributed by atoms with Gasteiger partial charge < -0.3 is 9.64 Å². The highest BCUT2D eigenvalue weighted by atomic mass is 35.5. The molecule has 0 spiro atoms. The lowest BCUT2D eigenvalue weighted by atomic mass is 10.0. The normalized spacial score (nSPS) is 20.2. The van der Waals surface area contributed by atoms with Gasteiger partial charge in [-0.15, -0.1) is 11.6 Å². The van der Waals surface area contributed by atoms with Gasteiger partial charge >= 0.3 is 0 Å². The summed E-state index contributed by atoms with van der Waals surface area (Å²) < 4.78 is 5.57. The van der Waals surface area contributed by atoms with Crippen LogP contribution in [0.4, 0.5) is 5.82 Å². The largest absolute Gasteiger partial charge is 0.474 e. The molecule has 0 aliphatic carbocycles. The number of hydrogen-bond donors (Lipinski definition) is 0. The quantitative estimate of drug-likeness (QED) is 0.788. The van der Waals surface area contributed by atoms with E-state index in [0.29, 0.717) is 17.7 Å². The molecule has 18 heavy (non-hydrogen) atoms. The third kappa shape index (κ3) is 3.48. The number of aromatic nitrogens is 2. The second-order valence-corrected chi connectivity index (χ2v) is 5.30. The average Bonchev–Trinajstić information content (AvgIpc) is 2.38. The number of alkyl halides is 1. The molecule has 2 rings (SSSR count). The molecule has 2 heterocycles. The number of rotatable bonds is 4. The Labute approximate surface area is 113 Å². The van der Waals surface area contributed by atoms with Crippen molar-refractivity contribution in [2.75, 3.05) is 23.9 Å². The molecule has 0 saturated carbocycles. The zero-order chi connectivity index (χ0) is 13.0. The Balaban J connectivity index is 2.07. The molecule has 1 aromatic rings. The van der Waals surface area contributed by atoms with Gasteiger partial charge in [-0.25, -0.2) is 0 Å². The molecule has 4 nitrogen and oxygen atoms in total. The molecule has 1 fully saturated rings. The van der Waals surface area contributed by atoms with Crippen LogP contribution in [-0.2, 0) is 0 Å². The molecule has 100 valence electrons. The van der Waals surface area contributed by atoms with Gasteiger partial charge in [0, 0.05) is 19.0 Å². The van der Waals surface area contributed by atoms with E-state index < -0.39 is 0 Å². The Morgan fingerprint density at radius 2 is 2.33 bits per heavy atom. The van der Waals surface area contributed by atoms with E-state index in [4.69, 9.17) is 16.3 Å². The molecule has 0 N–H and O–H groups in total. The molecule has 5 heteroatoms. The molecule has 0 aromatic carbocycles. The zero-order valence-electron chi connectivity index (χ0n) is 11.0. The number of hydrogen-bond acceptors (Lipinski definition) is 4. The molecular weight excluding hydrogens is 250 g/mol. The van der Waals surface area contributed by atoms with Crippen molar-refractivity contribution in [2.24, 2.45) is 5.92 Å². The molecule has 0 amide bonds. The third-order valence-corrected chi connectivity index (χ3v) is 3.45. The lowest BCUT2D eigenvalue weighted by Gasteiger charge is -2.32. The van der Waals surface area contributed by atoms with Gasteiger partial charge in [-0.3, -0.25) is 4.98 Å². The van der Waals surface area contributed by atoms with E-state index in [-0.39, 0.29) is 6.10 Å². The minimum absolute atomic E-state index is 0.117. The van der Waals surface area contributed by atoms with Gasteiger partial charge in [-0.1, -0.05) is 0 Å². The summed E-state index contributed by atoms with van der Waals surface area (Å²) in [5, 5.41) is 0. The molecule has 1 saturated heterocycles. The highest BCUT2D eigenvalue weighted by molar-refractivity contribution is 6.18. The molecule has 1 atom stereocenters. The fourth-order valence-electron chi connectivity index (χ4n) is 2.19. The van der Waals surface area contributed by atoms with Crippen LogP contribution in [0.2, 0.25) is 0 Å². The van der Waals surface area contributed by atoms with Crippen LogP contribution in [0, 0.1) is 5.92 Å². The van der Waals surface area contributed by atoms with E-state index in [0.717, 1.165) is 25.3 Å². The van der Waals surface area contributed by atoms with Gasteiger partial charge in [0.15, 0.2) is 5.82 Å². The predicted molar refractivity (Wildman–Crippen MR) is 73.5 cm³/mol. The summed E-state index contributed by atoms with van der Waals surface area (Å²) in [4.78, 5) is 11.0. The fraction of sp³-hybridized carbons (Fsp3) is 0.692. The average molecular weight is 270 g/mol. The lowest BCUT2D eigenvalue weighted by molar-refractivity contribution is 0.231. The summed E-state index contributed by atoms with van der Waals surface area (Å²) >= 11 is 5.95. The Bertz CT molecular complexity index is 386. The van der Waals surface area contributed by atoms with E-state index in [1.807, 2.05) is 13.8 Å².